The first-order valence-corrected chi connectivity index (χ1v) is 7.19. The molecule has 0 bridgehead atoms. The summed E-state index contributed by atoms with van der Waals surface area (Å²) in [7, 11) is -3.05. The van der Waals surface area contributed by atoms with Crippen molar-refractivity contribution in [3.05, 3.63) is 23.8 Å². The topological polar surface area (TPSA) is 107 Å². The Kier molecular flexibility index (Phi) is 3.16. The molecule has 1 fully saturated rings. The second-order valence-corrected chi connectivity index (χ2v) is 6.43. The molecule has 1 atom stereocenters. The molecule has 1 aliphatic heterocycles. The van der Waals surface area contributed by atoms with Crippen molar-refractivity contribution in [1.82, 2.24) is 0 Å². The minimum atomic E-state index is -3.05. The van der Waals surface area contributed by atoms with E-state index in [1.807, 2.05) is 0 Å². The van der Waals surface area contributed by atoms with Gasteiger partial charge in [-0.3, -0.25) is 0 Å². The number of ether oxygens (including phenoxy) is 1. The highest BCUT2D eigenvalue weighted by Crippen LogP contribution is 2.25. The molecule has 0 spiro atoms. The van der Waals surface area contributed by atoms with Gasteiger partial charge in [0.15, 0.2) is 9.84 Å². The SMILES string of the molecule is Nc1ccc(OC2CCS(=O)(=O)C2)c(C(=O)O)c1. The number of anilines is 1. The van der Waals surface area contributed by atoms with E-state index in [2.05, 4.69) is 0 Å². The van der Waals surface area contributed by atoms with Gasteiger partial charge in [0.25, 0.3) is 0 Å². The van der Waals surface area contributed by atoms with Crippen LogP contribution in [0.15, 0.2) is 18.2 Å². The van der Waals surface area contributed by atoms with Gasteiger partial charge in [-0.05, 0) is 24.6 Å². The number of carbonyl (C=O) groups is 1. The van der Waals surface area contributed by atoms with Crippen molar-refractivity contribution in [2.75, 3.05) is 17.2 Å². The molecule has 3 N–H and O–H groups in total. The monoisotopic (exact) mass is 271 g/mol. The number of carboxylic acid groups (broad SMARTS) is 1. The highest BCUT2D eigenvalue weighted by atomic mass is 32.2. The van der Waals surface area contributed by atoms with E-state index in [4.69, 9.17) is 15.6 Å². The average Bonchev–Trinajstić information content (AvgIpc) is 2.60. The number of sulfone groups is 1. The van der Waals surface area contributed by atoms with Crippen molar-refractivity contribution in [3.63, 3.8) is 0 Å². The Morgan fingerprint density at radius 2 is 2.17 bits per heavy atom. The second kappa shape index (κ2) is 4.49. The Hall–Kier alpha value is -1.76. The first kappa shape index (κ1) is 12.7. The molecule has 0 amide bonds. The number of aromatic carboxylic acids is 1. The number of hydrogen-bond donors (Lipinski definition) is 2. The van der Waals surface area contributed by atoms with E-state index >= 15 is 0 Å². The molecule has 0 radical (unpaired) electrons. The van der Waals surface area contributed by atoms with E-state index in [-0.39, 0.29) is 22.8 Å². The molecule has 7 heteroatoms. The van der Waals surface area contributed by atoms with Crippen LogP contribution in [0, 0.1) is 0 Å². The maximum atomic E-state index is 11.3. The summed E-state index contributed by atoms with van der Waals surface area (Å²) in [5.41, 5.74) is 5.76. The molecule has 18 heavy (non-hydrogen) atoms. The van der Waals surface area contributed by atoms with Crippen molar-refractivity contribution >= 4 is 21.5 Å². The summed E-state index contributed by atoms with van der Waals surface area (Å²) in [6.45, 7) is 0. The fourth-order valence-electron chi connectivity index (χ4n) is 1.85. The fourth-order valence-corrected chi connectivity index (χ4v) is 3.44. The van der Waals surface area contributed by atoms with Gasteiger partial charge in [0.2, 0.25) is 0 Å². The third-order valence-electron chi connectivity index (χ3n) is 2.72. The van der Waals surface area contributed by atoms with Crippen molar-refractivity contribution in [2.24, 2.45) is 0 Å². The molecule has 0 aromatic heterocycles. The van der Waals surface area contributed by atoms with Crippen LogP contribution >= 0.6 is 0 Å². The summed E-state index contributed by atoms with van der Waals surface area (Å²) < 4.78 is 28.0. The van der Waals surface area contributed by atoms with Gasteiger partial charge in [-0.25, -0.2) is 13.2 Å². The molecule has 1 heterocycles. The smallest absolute Gasteiger partial charge is 0.339 e. The van der Waals surface area contributed by atoms with Gasteiger partial charge in [0.1, 0.15) is 17.4 Å². The third kappa shape index (κ3) is 2.73. The summed E-state index contributed by atoms with van der Waals surface area (Å²) in [4.78, 5) is 11.0. The van der Waals surface area contributed by atoms with Gasteiger partial charge in [-0.2, -0.15) is 0 Å². The van der Waals surface area contributed by atoms with E-state index in [0.29, 0.717) is 12.1 Å². The van der Waals surface area contributed by atoms with Gasteiger partial charge in [-0.1, -0.05) is 0 Å². The zero-order valence-corrected chi connectivity index (χ0v) is 10.3. The van der Waals surface area contributed by atoms with Crippen molar-refractivity contribution < 1.29 is 23.1 Å². The van der Waals surface area contributed by atoms with E-state index in [0.717, 1.165) is 0 Å². The van der Waals surface area contributed by atoms with Gasteiger partial charge in [-0.15, -0.1) is 0 Å². The molecule has 6 nitrogen and oxygen atoms in total. The van der Waals surface area contributed by atoms with Crippen LogP contribution in [0.4, 0.5) is 5.69 Å². The number of nitrogen functional groups attached to an aromatic ring is 1. The first-order chi connectivity index (χ1) is 8.37. The minimum Gasteiger partial charge on any atom is -0.488 e. The van der Waals surface area contributed by atoms with Crippen LogP contribution in [0.5, 0.6) is 5.75 Å². The van der Waals surface area contributed by atoms with E-state index in [9.17, 15) is 13.2 Å². The Morgan fingerprint density at radius 3 is 2.72 bits per heavy atom. The fraction of sp³-hybridized carbons (Fsp3) is 0.364. The van der Waals surface area contributed by atoms with Crippen molar-refractivity contribution in [3.8, 4) is 5.75 Å². The molecule has 1 unspecified atom stereocenters. The van der Waals surface area contributed by atoms with E-state index in [1.54, 1.807) is 0 Å². The number of carboxylic acids is 1. The van der Waals surface area contributed by atoms with Crippen LogP contribution in [-0.4, -0.2) is 37.1 Å². The zero-order valence-electron chi connectivity index (χ0n) is 9.50. The summed E-state index contributed by atoms with van der Waals surface area (Å²) >= 11 is 0. The highest BCUT2D eigenvalue weighted by Gasteiger charge is 2.30. The molecule has 1 aromatic carbocycles. The van der Waals surface area contributed by atoms with Crippen LogP contribution in [0.25, 0.3) is 0 Å². The number of benzene rings is 1. The van der Waals surface area contributed by atoms with Crippen LogP contribution in [-0.2, 0) is 9.84 Å². The lowest BCUT2D eigenvalue weighted by atomic mass is 10.1. The molecular formula is C11H13NO5S. The second-order valence-electron chi connectivity index (χ2n) is 4.20. The lowest BCUT2D eigenvalue weighted by Gasteiger charge is -2.14. The summed E-state index contributed by atoms with van der Waals surface area (Å²) in [6, 6.07) is 4.26. The van der Waals surface area contributed by atoms with Crippen LogP contribution < -0.4 is 10.5 Å². The summed E-state index contributed by atoms with van der Waals surface area (Å²) in [5.74, 6) is -0.997. The molecule has 0 aliphatic carbocycles. The van der Waals surface area contributed by atoms with Crippen LogP contribution in [0.1, 0.15) is 16.8 Å². The van der Waals surface area contributed by atoms with Crippen molar-refractivity contribution in [2.45, 2.75) is 12.5 Å². The Bertz CT molecular complexity index is 581. The molecular weight excluding hydrogens is 258 g/mol. The summed E-state index contributed by atoms with van der Waals surface area (Å²) in [5, 5.41) is 9.01. The predicted molar refractivity (Wildman–Crippen MR) is 65.5 cm³/mol. The summed E-state index contributed by atoms with van der Waals surface area (Å²) in [6.07, 6.45) is -0.108. The maximum absolute atomic E-state index is 11.3. The normalized spacial score (nSPS) is 21.7. The maximum Gasteiger partial charge on any atom is 0.339 e. The third-order valence-corrected chi connectivity index (χ3v) is 4.46. The molecule has 2 rings (SSSR count). The van der Waals surface area contributed by atoms with Crippen LogP contribution in [0.3, 0.4) is 0 Å². The largest absolute Gasteiger partial charge is 0.488 e. The lowest BCUT2D eigenvalue weighted by Crippen LogP contribution is -2.19. The molecule has 0 saturated carbocycles. The van der Waals surface area contributed by atoms with Gasteiger partial charge < -0.3 is 15.6 Å². The molecule has 1 saturated heterocycles. The first-order valence-electron chi connectivity index (χ1n) is 5.37. The standard InChI is InChI=1S/C11H13NO5S/c12-7-1-2-10(9(5-7)11(13)14)17-8-3-4-18(15,16)6-8/h1-2,5,8H,3-4,6,12H2,(H,13,14). The number of nitrogens with two attached hydrogens (primary N) is 1. The Labute approximate surface area is 104 Å². The van der Waals surface area contributed by atoms with Gasteiger partial charge in [0, 0.05) is 5.69 Å². The number of hydrogen-bond acceptors (Lipinski definition) is 5. The van der Waals surface area contributed by atoms with Gasteiger partial charge in [0.05, 0.1) is 11.5 Å². The molecule has 1 aromatic rings. The predicted octanol–water partition coefficient (Wildman–Crippen LogP) is 0.533. The average molecular weight is 271 g/mol. The van der Waals surface area contributed by atoms with E-state index < -0.39 is 21.9 Å². The Morgan fingerprint density at radius 1 is 1.44 bits per heavy atom. The van der Waals surface area contributed by atoms with E-state index in [1.165, 1.54) is 18.2 Å². The van der Waals surface area contributed by atoms with Gasteiger partial charge >= 0.3 is 5.97 Å². The highest BCUT2D eigenvalue weighted by molar-refractivity contribution is 7.91. The number of rotatable bonds is 3. The van der Waals surface area contributed by atoms with Crippen molar-refractivity contribution in [1.29, 1.82) is 0 Å². The minimum absolute atomic E-state index is 0.0562. The lowest BCUT2D eigenvalue weighted by molar-refractivity contribution is 0.0690. The Balaban J connectivity index is 2.22. The quantitative estimate of drug-likeness (QED) is 0.777. The molecule has 98 valence electrons. The van der Waals surface area contributed by atoms with Crippen LogP contribution in [0.2, 0.25) is 0 Å². The molecule has 1 aliphatic rings. The zero-order chi connectivity index (χ0) is 13.3.